The number of anilines is 3. The van der Waals surface area contributed by atoms with Crippen molar-refractivity contribution in [3.05, 3.63) is 64.9 Å². The Balaban J connectivity index is 1.41. The molecule has 2 aliphatic rings. The van der Waals surface area contributed by atoms with E-state index in [1.165, 1.54) is 0 Å². The number of likely N-dealkylation sites (N-methyl/N-ethyl adjacent to an activating group) is 1. The summed E-state index contributed by atoms with van der Waals surface area (Å²) >= 11 is 0. The van der Waals surface area contributed by atoms with Crippen LogP contribution < -0.4 is 15.5 Å². The Hall–Kier alpha value is -3.55. The van der Waals surface area contributed by atoms with Crippen LogP contribution >= 0.6 is 0 Å². The van der Waals surface area contributed by atoms with Crippen molar-refractivity contribution >= 4 is 33.1 Å². The highest BCUT2D eigenvalue weighted by Gasteiger charge is 2.48. The number of halogens is 2. The van der Waals surface area contributed by atoms with E-state index in [4.69, 9.17) is 0 Å². The van der Waals surface area contributed by atoms with Crippen LogP contribution in [0.15, 0.2) is 41.3 Å². The molecule has 13 heteroatoms. The molecule has 3 N–H and O–H groups in total. The zero-order valence-electron chi connectivity index (χ0n) is 24.5. The predicted molar refractivity (Wildman–Crippen MR) is 158 cm³/mol. The third-order valence-electron chi connectivity index (χ3n) is 7.88. The standard InChI is InChI=1S/C29H37F2N7O3S/c1-18(2)16-32-25-15-21(37-10-8-36(5)9-11-37)6-7-23(25)28(39)33-27-24-17-38(29(3,4)26(24)34-35-27)42(40,41)22-13-19(30)12-20(31)14-22/h6-7,12-15,18,32H,8-11,16-17H2,1-5H3,(H2,33,34,35,39). The van der Waals surface area contributed by atoms with Crippen molar-refractivity contribution in [2.75, 3.05) is 55.3 Å². The zero-order valence-corrected chi connectivity index (χ0v) is 25.3. The van der Waals surface area contributed by atoms with Crippen molar-refractivity contribution < 1.29 is 22.0 Å². The van der Waals surface area contributed by atoms with Gasteiger partial charge in [0.2, 0.25) is 10.0 Å². The Kier molecular flexibility index (Phi) is 8.03. The molecule has 0 unspecified atom stereocenters. The quantitative estimate of drug-likeness (QED) is 0.355. The molecule has 42 heavy (non-hydrogen) atoms. The lowest BCUT2D eigenvalue weighted by Crippen LogP contribution is -2.44. The van der Waals surface area contributed by atoms with Gasteiger partial charge in [-0.2, -0.15) is 9.40 Å². The molecule has 5 rings (SSSR count). The molecule has 1 saturated heterocycles. The number of H-pyrrole nitrogens is 1. The molecular formula is C29H37F2N7O3S. The van der Waals surface area contributed by atoms with Crippen LogP contribution in [0.3, 0.4) is 0 Å². The van der Waals surface area contributed by atoms with Crippen molar-refractivity contribution in [1.29, 1.82) is 0 Å². The van der Waals surface area contributed by atoms with Gasteiger partial charge in [-0.15, -0.1) is 0 Å². The molecule has 3 aromatic rings. The van der Waals surface area contributed by atoms with Gasteiger partial charge in [0.1, 0.15) is 11.6 Å². The number of nitrogens with zero attached hydrogens (tertiary/aromatic N) is 4. The number of sulfonamides is 1. The number of carbonyl (C=O) groups is 1. The Labute approximate surface area is 245 Å². The Morgan fingerprint density at radius 3 is 2.38 bits per heavy atom. The van der Waals surface area contributed by atoms with Crippen LogP contribution in [0.1, 0.15) is 49.3 Å². The van der Waals surface area contributed by atoms with E-state index >= 15 is 0 Å². The number of carbonyl (C=O) groups excluding carboxylic acids is 1. The fourth-order valence-electron chi connectivity index (χ4n) is 5.41. The molecule has 226 valence electrons. The monoisotopic (exact) mass is 601 g/mol. The van der Waals surface area contributed by atoms with Crippen LogP contribution in [-0.4, -0.2) is 73.5 Å². The highest BCUT2D eigenvalue weighted by molar-refractivity contribution is 7.89. The number of piperazine rings is 1. The van der Waals surface area contributed by atoms with Crippen LogP contribution in [-0.2, 0) is 22.1 Å². The van der Waals surface area contributed by atoms with Crippen LogP contribution in [0.25, 0.3) is 0 Å². The highest BCUT2D eigenvalue weighted by Crippen LogP contribution is 2.44. The minimum atomic E-state index is -4.29. The maximum Gasteiger partial charge on any atom is 0.258 e. The van der Waals surface area contributed by atoms with E-state index in [1.54, 1.807) is 19.9 Å². The molecule has 0 spiro atoms. The highest BCUT2D eigenvalue weighted by atomic mass is 32.2. The topological polar surface area (TPSA) is 114 Å². The molecular weight excluding hydrogens is 564 g/mol. The number of aromatic nitrogens is 2. The average Bonchev–Trinajstić information content (AvgIpc) is 3.45. The summed E-state index contributed by atoms with van der Waals surface area (Å²) < 4.78 is 55.9. The predicted octanol–water partition coefficient (Wildman–Crippen LogP) is 4.20. The largest absolute Gasteiger partial charge is 0.384 e. The van der Waals surface area contributed by atoms with Gasteiger partial charge in [0.25, 0.3) is 5.91 Å². The first-order valence-corrected chi connectivity index (χ1v) is 15.4. The lowest BCUT2D eigenvalue weighted by Gasteiger charge is -2.34. The van der Waals surface area contributed by atoms with Crippen LogP contribution in [0, 0.1) is 17.6 Å². The van der Waals surface area contributed by atoms with E-state index < -0.39 is 38.0 Å². The summed E-state index contributed by atoms with van der Waals surface area (Å²) in [6.07, 6.45) is 0. The number of hydrogen-bond donors (Lipinski definition) is 3. The third kappa shape index (κ3) is 5.72. The number of nitrogens with one attached hydrogen (secondary N) is 3. The summed E-state index contributed by atoms with van der Waals surface area (Å²) in [6.45, 7) is 11.7. The number of aromatic amines is 1. The van der Waals surface area contributed by atoms with Gasteiger partial charge in [0.15, 0.2) is 5.82 Å². The first-order chi connectivity index (χ1) is 19.8. The van der Waals surface area contributed by atoms with Crippen LogP contribution in [0.2, 0.25) is 0 Å². The number of amides is 1. The number of rotatable bonds is 8. The Bertz CT molecular complexity index is 1580. The number of fused-ring (bicyclic) bond motifs is 1. The number of hydrogen-bond acceptors (Lipinski definition) is 7. The van der Waals surface area contributed by atoms with Gasteiger partial charge in [-0.25, -0.2) is 17.2 Å². The summed E-state index contributed by atoms with van der Waals surface area (Å²) in [4.78, 5) is 17.7. The van der Waals surface area contributed by atoms with Gasteiger partial charge in [-0.3, -0.25) is 9.89 Å². The molecule has 1 fully saturated rings. The van der Waals surface area contributed by atoms with Crippen molar-refractivity contribution in [3.63, 3.8) is 0 Å². The van der Waals surface area contributed by atoms with Crippen LogP contribution in [0.4, 0.5) is 26.0 Å². The second-order valence-electron chi connectivity index (χ2n) is 11.9. The Morgan fingerprint density at radius 1 is 1.07 bits per heavy atom. The smallest absolute Gasteiger partial charge is 0.258 e. The first kappa shape index (κ1) is 29.9. The second kappa shape index (κ2) is 11.3. The molecule has 1 aromatic heterocycles. The SMILES string of the molecule is CC(C)CNc1cc(N2CCN(C)CC2)ccc1C(=O)Nc1n[nH]c2c1CN(S(=O)(=O)c1cc(F)cc(F)c1)C2(C)C. The fourth-order valence-corrected chi connectivity index (χ4v) is 7.18. The van der Waals surface area contributed by atoms with E-state index in [0.29, 0.717) is 41.0 Å². The van der Waals surface area contributed by atoms with E-state index in [9.17, 15) is 22.0 Å². The maximum absolute atomic E-state index is 13.9. The third-order valence-corrected chi connectivity index (χ3v) is 9.87. The molecule has 0 atom stereocenters. The van der Waals surface area contributed by atoms with E-state index in [0.717, 1.165) is 48.3 Å². The van der Waals surface area contributed by atoms with Crippen molar-refractivity contribution in [2.45, 2.75) is 44.7 Å². The van der Waals surface area contributed by atoms with Gasteiger partial charge in [0, 0.05) is 62.3 Å². The van der Waals surface area contributed by atoms with Gasteiger partial charge in [-0.1, -0.05) is 13.8 Å². The van der Waals surface area contributed by atoms with Gasteiger partial charge >= 0.3 is 0 Å². The number of benzene rings is 2. The van der Waals surface area contributed by atoms with Crippen LogP contribution in [0.5, 0.6) is 0 Å². The molecule has 0 saturated carbocycles. The first-order valence-electron chi connectivity index (χ1n) is 14.0. The lowest BCUT2D eigenvalue weighted by atomic mass is 10.0. The molecule has 3 heterocycles. The minimum Gasteiger partial charge on any atom is -0.384 e. The normalized spacial score (nSPS) is 17.5. The molecule has 2 aromatic carbocycles. The van der Waals surface area contributed by atoms with Gasteiger partial charge in [0.05, 0.1) is 21.7 Å². The molecule has 0 bridgehead atoms. The Morgan fingerprint density at radius 2 is 1.74 bits per heavy atom. The van der Waals surface area contributed by atoms with E-state index in [-0.39, 0.29) is 12.4 Å². The zero-order chi connectivity index (χ0) is 30.4. The minimum absolute atomic E-state index is 0.143. The summed E-state index contributed by atoms with van der Waals surface area (Å²) in [5.74, 6) is -1.82. The molecule has 0 aliphatic carbocycles. The molecule has 2 aliphatic heterocycles. The van der Waals surface area contributed by atoms with Crippen molar-refractivity contribution in [3.8, 4) is 0 Å². The second-order valence-corrected chi connectivity index (χ2v) is 13.7. The molecule has 0 radical (unpaired) electrons. The lowest BCUT2D eigenvalue weighted by molar-refractivity contribution is 0.102. The van der Waals surface area contributed by atoms with E-state index in [2.05, 4.69) is 51.5 Å². The van der Waals surface area contributed by atoms with Crippen molar-refractivity contribution in [2.24, 2.45) is 5.92 Å². The molecule has 1 amide bonds. The van der Waals surface area contributed by atoms with Crippen molar-refractivity contribution in [1.82, 2.24) is 19.4 Å². The summed E-state index contributed by atoms with van der Waals surface area (Å²) in [7, 11) is -2.19. The van der Waals surface area contributed by atoms with Gasteiger partial charge < -0.3 is 20.4 Å². The molecule has 10 nitrogen and oxygen atoms in total. The maximum atomic E-state index is 13.9. The summed E-state index contributed by atoms with van der Waals surface area (Å²) in [5, 5.41) is 13.4. The van der Waals surface area contributed by atoms with E-state index in [1.807, 2.05) is 12.1 Å². The summed E-state index contributed by atoms with van der Waals surface area (Å²) in [5.41, 5.74) is 2.01. The summed E-state index contributed by atoms with van der Waals surface area (Å²) in [6, 6.07) is 7.92. The fraction of sp³-hybridized carbons (Fsp3) is 0.448. The van der Waals surface area contributed by atoms with Gasteiger partial charge in [-0.05, 0) is 57.1 Å². The average molecular weight is 602 g/mol.